The number of hydrogen-bond donors (Lipinski definition) is 4. The highest BCUT2D eigenvalue weighted by Crippen LogP contribution is 2.40. The summed E-state index contributed by atoms with van der Waals surface area (Å²) in [5, 5.41) is 12.2. The van der Waals surface area contributed by atoms with Gasteiger partial charge in [0.15, 0.2) is 5.82 Å². The van der Waals surface area contributed by atoms with E-state index in [2.05, 4.69) is 41.1 Å². The van der Waals surface area contributed by atoms with Crippen molar-refractivity contribution in [1.82, 2.24) is 30.5 Å². The number of piperidine rings is 3. The van der Waals surface area contributed by atoms with Crippen LogP contribution < -0.4 is 26.2 Å². The Balaban J connectivity index is 0.847. The molecule has 3 aliphatic heterocycles. The normalized spacial score (nSPS) is 24.6. The second-order valence-corrected chi connectivity index (χ2v) is 16.7. The highest BCUT2D eigenvalue weighted by molar-refractivity contribution is 6.01. The van der Waals surface area contributed by atoms with Gasteiger partial charge in [-0.15, -0.1) is 0 Å². The number of hydrogen-bond acceptors (Lipinski definition) is 10. The smallest absolute Gasteiger partial charge is 0.249 e. The Labute approximate surface area is 337 Å². The molecule has 4 amide bonds. The van der Waals surface area contributed by atoms with Crippen molar-refractivity contribution in [2.24, 2.45) is 0 Å². The van der Waals surface area contributed by atoms with Crippen LogP contribution in [0.3, 0.4) is 0 Å². The lowest BCUT2D eigenvalue weighted by molar-refractivity contribution is -0.138. The average molecular weight is 798 g/mol. The van der Waals surface area contributed by atoms with Gasteiger partial charge in [0.05, 0.1) is 6.20 Å². The number of nitrogens with one attached hydrogen (secondary N) is 4. The van der Waals surface area contributed by atoms with Gasteiger partial charge in [0.2, 0.25) is 29.6 Å². The highest BCUT2D eigenvalue weighted by atomic mass is 19.1. The van der Waals surface area contributed by atoms with E-state index in [0.29, 0.717) is 61.1 Å². The first kappa shape index (κ1) is 39.8. The quantitative estimate of drug-likeness (QED) is 0.180. The van der Waals surface area contributed by atoms with Crippen LogP contribution in [0.25, 0.3) is 11.3 Å². The number of nitrogens with zero attached hydrogens (tertiary/aromatic N) is 5. The van der Waals surface area contributed by atoms with E-state index in [9.17, 15) is 19.2 Å². The fourth-order valence-corrected chi connectivity index (χ4v) is 9.71. The van der Waals surface area contributed by atoms with Crippen LogP contribution in [-0.4, -0.2) is 86.8 Å². The molecule has 58 heavy (non-hydrogen) atoms. The van der Waals surface area contributed by atoms with Crippen LogP contribution in [0.1, 0.15) is 114 Å². The molecule has 8 rings (SSSR count). The molecule has 3 aromatic rings. The summed E-state index contributed by atoms with van der Waals surface area (Å²) in [5.41, 5.74) is 1.27. The van der Waals surface area contributed by atoms with E-state index in [4.69, 9.17) is 0 Å². The Hall–Kier alpha value is -5.05. The lowest BCUT2D eigenvalue weighted by Crippen LogP contribution is -2.62. The molecule has 3 saturated heterocycles. The van der Waals surface area contributed by atoms with Crippen molar-refractivity contribution in [3.05, 3.63) is 59.9 Å². The summed E-state index contributed by atoms with van der Waals surface area (Å²) in [7, 11) is 0. The van der Waals surface area contributed by atoms with Gasteiger partial charge in [0.25, 0.3) is 0 Å². The minimum absolute atomic E-state index is 0.0173. The lowest BCUT2D eigenvalue weighted by Gasteiger charge is -2.48. The Bertz CT molecular complexity index is 2010. The summed E-state index contributed by atoms with van der Waals surface area (Å²) >= 11 is 0. The Morgan fingerprint density at radius 1 is 0.793 bits per heavy atom. The largest absolute Gasteiger partial charge is 0.374 e. The van der Waals surface area contributed by atoms with Crippen molar-refractivity contribution in [3.63, 3.8) is 0 Å². The summed E-state index contributed by atoms with van der Waals surface area (Å²) in [6.45, 7) is 2.01. The maximum Gasteiger partial charge on any atom is 0.249 e. The number of carbonyl (C=O) groups excluding carboxylic acids is 4. The van der Waals surface area contributed by atoms with Gasteiger partial charge in [-0.2, -0.15) is 0 Å². The van der Waals surface area contributed by atoms with E-state index in [1.54, 1.807) is 35.4 Å². The molecule has 1 unspecified atom stereocenters. The van der Waals surface area contributed by atoms with E-state index in [-0.39, 0.29) is 53.7 Å². The van der Waals surface area contributed by atoms with Gasteiger partial charge in [-0.25, -0.2) is 23.7 Å². The maximum absolute atomic E-state index is 15.5. The molecule has 5 fully saturated rings. The van der Waals surface area contributed by atoms with Crippen molar-refractivity contribution in [1.29, 1.82) is 0 Å². The van der Waals surface area contributed by atoms with Crippen molar-refractivity contribution in [3.8, 4) is 11.3 Å². The van der Waals surface area contributed by atoms with Crippen LogP contribution in [0, 0.1) is 11.6 Å². The van der Waals surface area contributed by atoms with Crippen molar-refractivity contribution < 1.29 is 28.0 Å². The number of aromatic nitrogens is 3. The molecule has 1 atom stereocenters. The fourth-order valence-electron chi connectivity index (χ4n) is 9.71. The number of carbonyl (C=O) groups is 4. The first-order valence-corrected chi connectivity index (χ1v) is 21.2. The molecular weight excluding hydrogens is 745 g/mol. The number of amides is 4. The second-order valence-electron chi connectivity index (χ2n) is 16.7. The number of halogens is 2. The molecule has 4 N–H and O–H groups in total. The zero-order valence-corrected chi connectivity index (χ0v) is 32.9. The summed E-state index contributed by atoms with van der Waals surface area (Å²) in [5.74, 6) is -0.573. The summed E-state index contributed by atoms with van der Waals surface area (Å²) in [6, 6.07) is 7.97. The van der Waals surface area contributed by atoms with Crippen molar-refractivity contribution >= 4 is 41.1 Å². The number of anilines is 3. The minimum Gasteiger partial charge on any atom is -0.374 e. The molecule has 5 heterocycles. The molecule has 2 aromatic heterocycles. The summed E-state index contributed by atoms with van der Waals surface area (Å²) in [4.78, 5) is 67.6. The highest BCUT2D eigenvalue weighted by Gasteiger charge is 2.46. The van der Waals surface area contributed by atoms with Crippen LogP contribution in [0.4, 0.5) is 26.2 Å². The van der Waals surface area contributed by atoms with E-state index >= 15 is 8.78 Å². The minimum atomic E-state index is -0.576. The van der Waals surface area contributed by atoms with E-state index in [1.807, 2.05) is 0 Å². The number of rotatable bonds is 10. The van der Waals surface area contributed by atoms with Gasteiger partial charge >= 0.3 is 0 Å². The average Bonchev–Trinajstić information content (AvgIpc) is 3.24. The monoisotopic (exact) mass is 797 g/mol. The van der Waals surface area contributed by atoms with Crippen molar-refractivity contribution in [2.45, 2.75) is 132 Å². The SMILES string of the molecule is O=C1CCC(Nc2ccc(C3CCN(C4(C(=O)NC5CCC(Nc6ncc(F)c(-c7ccnc(N8CCCCC8=O)c7)n6)CC5)CCCCC4)CC3)c(F)c2)C(=O)N1. The zero-order valence-electron chi connectivity index (χ0n) is 32.9. The van der Waals surface area contributed by atoms with Crippen LogP contribution in [0.5, 0.6) is 0 Å². The Morgan fingerprint density at radius 2 is 1.57 bits per heavy atom. The van der Waals surface area contributed by atoms with Crippen LogP contribution >= 0.6 is 0 Å². The first-order chi connectivity index (χ1) is 28.1. The Kier molecular flexibility index (Phi) is 12.0. The third-order valence-corrected chi connectivity index (χ3v) is 13.0. The van der Waals surface area contributed by atoms with Gasteiger partial charge < -0.3 is 16.0 Å². The van der Waals surface area contributed by atoms with Gasteiger partial charge in [-0.1, -0.05) is 25.3 Å². The Morgan fingerprint density at radius 3 is 2.31 bits per heavy atom. The molecule has 0 radical (unpaired) electrons. The molecule has 5 aliphatic rings. The molecule has 13 nitrogen and oxygen atoms in total. The number of pyridine rings is 1. The second kappa shape index (κ2) is 17.4. The fraction of sp³-hybridized carbons (Fsp3) is 0.558. The van der Waals surface area contributed by atoms with Crippen LogP contribution in [0.2, 0.25) is 0 Å². The molecular formula is C43H53F2N9O4. The third kappa shape index (κ3) is 8.69. The van der Waals surface area contributed by atoms with Crippen LogP contribution in [-0.2, 0) is 19.2 Å². The molecule has 2 saturated carbocycles. The standard InChI is InChI=1S/C43H53F2N9O4/c44-33-25-31(48-35-13-14-37(55)51-40(35)57)11-12-32(33)27-16-22-53(23-17-27)43(18-3-1-4-19-43)41(58)49-29-7-9-30(10-8-29)50-42-47-26-34(45)39(52-42)28-15-20-46-36(24-28)54-21-5-2-6-38(54)56/h11-12,15,20,24-27,29-30,35,48H,1-10,13-14,16-19,21-23H2,(H,49,58)(H,47,50,52)(H,51,55,57). The van der Waals surface area contributed by atoms with Crippen molar-refractivity contribution in [2.75, 3.05) is 35.2 Å². The third-order valence-electron chi connectivity index (χ3n) is 13.0. The lowest BCUT2D eigenvalue weighted by atomic mass is 9.76. The molecule has 0 bridgehead atoms. The summed E-state index contributed by atoms with van der Waals surface area (Å²) in [6.07, 6.45) is 15.0. The van der Waals surface area contributed by atoms with E-state index < -0.39 is 23.3 Å². The maximum atomic E-state index is 15.5. The molecule has 308 valence electrons. The molecule has 0 spiro atoms. The number of imide groups is 1. The van der Waals surface area contributed by atoms with Gasteiger partial charge in [-0.3, -0.25) is 34.3 Å². The number of likely N-dealkylation sites (tertiary alicyclic amines) is 1. The predicted octanol–water partition coefficient (Wildman–Crippen LogP) is 5.97. The number of benzene rings is 1. The molecule has 1 aromatic carbocycles. The predicted molar refractivity (Wildman–Crippen MR) is 215 cm³/mol. The van der Waals surface area contributed by atoms with E-state index in [0.717, 1.165) is 83.5 Å². The zero-order chi connectivity index (χ0) is 40.2. The summed E-state index contributed by atoms with van der Waals surface area (Å²) < 4.78 is 30.5. The van der Waals surface area contributed by atoms with E-state index in [1.165, 1.54) is 12.3 Å². The van der Waals surface area contributed by atoms with Crippen LogP contribution in [0.15, 0.2) is 42.7 Å². The first-order valence-electron chi connectivity index (χ1n) is 21.2. The topological polar surface area (TPSA) is 162 Å². The van der Waals surface area contributed by atoms with Gasteiger partial charge in [0.1, 0.15) is 28.9 Å². The molecule has 2 aliphatic carbocycles. The van der Waals surface area contributed by atoms with Gasteiger partial charge in [0, 0.05) is 48.9 Å². The van der Waals surface area contributed by atoms with Gasteiger partial charge in [-0.05, 0) is 119 Å². The molecule has 15 heteroatoms.